The van der Waals surface area contributed by atoms with E-state index in [4.69, 9.17) is 5.73 Å². The molecule has 2 N–H and O–H groups in total. The molecule has 0 bridgehead atoms. The predicted molar refractivity (Wildman–Crippen MR) is 71.7 cm³/mol. The van der Waals surface area contributed by atoms with E-state index in [2.05, 4.69) is 4.90 Å². The molecule has 1 aromatic rings. The lowest BCUT2D eigenvalue weighted by atomic mass is 10.3. The van der Waals surface area contributed by atoms with E-state index in [0.29, 0.717) is 19.6 Å². The second kappa shape index (κ2) is 5.44. The van der Waals surface area contributed by atoms with Gasteiger partial charge in [0, 0.05) is 19.6 Å². The molecule has 0 amide bonds. The lowest BCUT2D eigenvalue weighted by Gasteiger charge is -2.21. The predicted octanol–water partition coefficient (Wildman–Crippen LogP) is 0.734. The zero-order valence-electron chi connectivity index (χ0n) is 10.8. The van der Waals surface area contributed by atoms with Gasteiger partial charge in [0.05, 0.1) is 5.69 Å². The number of hydrogen-bond donors (Lipinski definition) is 1. The molecule has 0 saturated carbocycles. The van der Waals surface area contributed by atoms with Crippen LogP contribution in [0.15, 0.2) is 23.1 Å². The Balaban J connectivity index is 2.37. The van der Waals surface area contributed by atoms with Gasteiger partial charge in [0.15, 0.2) is 0 Å². The van der Waals surface area contributed by atoms with Gasteiger partial charge in [-0.25, -0.2) is 12.8 Å². The molecule has 1 saturated heterocycles. The van der Waals surface area contributed by atoms with Gasteiger partial charge < -0.3 is 10.6 Å². The average molecular weight is 287 g/mol. The second-order valence-electron chi connectivity index (χ2n) is 4.72. The first kappa shape index (κ1) is 14.2. The minimum absolute atomic E-state index is 0.0439. The maximum atomic E-state index is 13.8. The number of nitrogens with zero attached hydrogens (tertiary/aromatic N) is 2. The molecule has 1 aliphatic heterocycles. The van der Waals surface area contributed by atoms with Gasteiger partial charge in [0.25, 0.3) is 0 Å². The lowest BCUT2D eigenvalue weighted by Crippen LogP contribution is -2.35. The Morgan fingerprint density at radius 3 is 2.63 bits per heavy atom. The fourth-order valence-electron chi connectivity index (χ4n) is 2.19. The monoisotopic (exact) mass is 287 g/mol. The van der Waals surface area contributed by atoms with Crippen LogP contribution in [0.25, 0.3) is 0 Å². The van der Waals surface area contributed by atoms with Crippen molar-refractivity contribution in [2.24, 2.45) is 0 Å². The summed E-state index contributed by atoms with van der Waals surface area (Å²) in [6.45, 7) is 2.21. The molecule has 106 valence electrons. The van der Waals surface area contributed by atoms with Crippen molar-refractivity contribution in [1.29, 1.82) is 0 Å². The number of anilines is 1. The smallest absolute Gasteiger partial charge is 0.248 e. The molecule has 0 spiro atoms. The van der Waals surface area contributed by atoms with Crippen molar-refractivity contribution in [3.63, 3.8) is 0 Å². The third-order valence-electron chi connectivity index (χ3n) is 3.27. The van der Waals surface area contributed by atoms with E-state index in [-0.39, 0.29) is 5.69 Å². The zero-order chi connectivity index (χ0) is 14.0. The molecule has 0 aliphatic carbocycles. The van der Waals surface area contributed by atoms with E-state index < -0.39 is 20.7 Å². The van der Waals surface area contributed by atoms with Crippen LogP contribution in [0.5, 0.6) is 0 Å². The average Bonchev–Trinajstić information content (AvgIpc) is 2.53. The Labute approximate surface area is 112 Å². The summed E-state index contributed by atoms with van der Waals surface area (Å²) in [7, 11) is -1.93. The first-order valence-electron chi connectivity index (χ1n) is 6.15. The van der Waals surface area contributed by atoms with E-state index in [9.17, 15) is 12.8 Å². The van der Waals surface area contributed by atoms with Gasteiger partial charge in [-0.2, -0.15) is 4.31 Å². The maximum Gasteiger partial charge on any atom is 0.248 e. The molecule has 7 heteroatoms. The van der Waals surface area contributed by atoms with Crippen LogP contribution in [-0.4, -0.2) is 50.8 Å². The second-order valence-corrected chi connectivity index (χ2v) is 6.59. The van der Waals surface area contributed by atoms with E-state index >= 15 is 0 Å². The van der Waals surface area contributed by atoms with Gasteiger partial charge in [-0.15, -0.1) is 0 Å². The van der Waals surface area contributed by atoms with Crippen LogP contribution >= 0.6 is 0 Å². The molecule has 1 heterocycles. The summed E-state index contributed by atoms with van der Waals surface area (Å²) in [4.78, 5) is 1.65. The van der Waals surface area contributed by atoms with Gasteiger partial charge in [-0.3, -0.25) is 0 Å². The molecule has 0 radical (unpaired) electrons. The summed E-state index contributed by atoms with van der Waals surface area (Å²) in [5.41, 5.74) is 5.58. The Kier molecular flexibility index (Phi) is 4.07. The SMILES string of the molecule is CN1CCCN(S(=O)(=O)c2c(N)cccc2F)CC1. The molecule has 0 unspecified atom stereocenters. The molecular formula is C12H18FN3O2S. The Bertz CT molecular complexity index is 542. The van der Waals surface area contributed by atoms with E-state index in [1.165, 1.54) is 16.4 Å². The van der Waals surface area contributed by atoms with Crippen LogP contribution in [0.1, 0.15) is 6.42 Å². The van der Waals surface area contributed by atoms with Crippen LogP contribution in [0.3, 0.4) is 0 Å². The van der Waals surface area contributed by atoms with Gasteiger partial charge >= 0.3 is 0 Å². The first-order chi connectivity index (χ1) is 8.93. The number of rotatable bonds is 2. The first-order valence-corrected chi connectivity index (χ1v) is 7.59. The van der Waals surface area contributed by atoms with Crippen molar-refractivity contribution in [2.45, 2.75) is 11.3 Å². The number of benzene rings is 1. The van der Waals surface area contributed by atoms with Crippen LogP contribution in [0.4, 0.5) is 10.1 Å². The molecule has 1 fully saturated rings. The normalized spacial score (nSPS) is 19.3. The summed E-state index contributed by atoms with van der Waals surface area (Å²) in [5.74, 6) is -0.794. The van der Waals surface area contributed by atoms with Crippen molar-refractivity contribution in [1.82, 2.24) is 9.21 Å². The van der Waals surface area contributed by atoms with Gasteiger partial charge in [-0.05, 0) is 32.1 Å². The Morgan fingerprint density at radius 2 is 1.95 bits per heavy atom. The fourth-order valence-corrected chi connectivity index (χ4v) is 3.82. The van der Waals surface area contributed by atoms with Crippen molar-refractivity contribution < 1.29 is 12.8 Å². The largest absolute Gasteiger partial charge is 0.398 e. The van der Waals surface area contributed by atoms with Crippen molar-refractivity contribution in [3.8, 4) is 0 Å². The molecule has 1 aromatic carbocycles. The van der Waals surface area contributed by atoms with Gasteiger partial charge in [0.1, 0.15) is 10.7 Å². The van der Waals surface area contributed by atoms with E-state index in [1.54, 1.807) is 0 Å². The van der Waals surface area contributed by atoms with E-state index in [0.717, 1.165) is 19.0 Å². The van der Waals surface area contributed by atoms with Crippen molar-refractivity contribution in [2.75, 3.05) is 39.0 Å². The number of nitrogens with two attached hydrogens (primary N) is 1. The number of hydrogen-bond acceptors (Lipinski definition) is 4. The van der Waals surface area contributed by atoms with Crippen LogP contribution in [0, 0.1) is 5.82 Å². The summed E-state index contributed by atoms with van der Waals surface area (Å²) in [6.07, 6.45) is 0.726. The topological polar surface area (TPSA) is 66.6 Å². The van der Waals surface area contributed by atoms with Crippen molar-refractivity contribution in [3.05, 3.63) is 24.0 Å². The highest BCUT2D eigenvalue weighted by atomic mass is 32.2. The quantitative estimate of drug-likeness (QED) is 0.815. The number of halogens is 1. The minimum Gasteiger partial charge on any atom is -0.398 e. The highest BCUT2D eigenvalue weighted by Gasteiger charge is 2.30. The molecule has 0 atom stereocenters. The van der Waals surface area contributed by atoms with E-state index in [1.807, 2.05) is 7.05 Å². The van der Waals surface area contributed by atoms with Crippen LogP contribution in [-0.2, 0) is 10.0 Å². The molecule has 0 aromatic heterocycles. The molecule has 1 aliphatic rings. The van der Waals surface area contributed by atoms with Crippen LogP contribution in [0.2, 0.25) is 0 Å². The van der Waals surface area contributed by atoms with Crippen LogP contribution < -0.4 is 5.73 Å². The highest BCUT2D eigenvalue weighted by Crippen LogP contribution is 2.25. The number of sulfonamides is 1. The number of likely N-dealkylation sites (N-methyl/N-ethyl adjacent to an activating group) is 1. The Morgan fingerprint density at radius 1 is 1.21 bits per heavy atom. The minimum atomic E-state index is -3.86. The molecule has 2 rings (SSSR count). The Hall–Kier alpha value is -1.18. The summed E-state index contributed by atoms with van der Waals surface area (Å²) in [5, 5.41) is 0. The summed E-state index contributed by atoms with van der Waals surface area (Å²) in [6, 6.07) is 3.92. The zero-order valence-corrected chi connectivity index (χ0v) is 11.7. The third-order valence-corrected chi connectivity index (χ3v) is 5.27. The molecular weight excluding hydrogens is 269 g/mol. The fraction of sp³-hybridized carbons (Fsp3) is 0.500. The third kappa shape index (κ3) is 2.88. The van der Waals surface area contributed by atoms with Gasteiger partial charge in [-0.1, -0.05) is 6.07 Å². The van der Waals surface area contributed by atoms with Crippen molar-refractivity contribution >= 4 is 15.7 Å². The maximum absolute atomic E-state index is 13.8. The summed E-state index contributed by atoms with van der Waals surface area (Å²) >= 11 is 0. The summed E-state index contributed by atoms with van der Waals surface area (Å²) < 4.78 is 40.0. The highest BCUT2D eigenvalue weighted by molar-refractivity contribution is 7.89. The number of nitrogen functional groups attached to an aromatic ring is 1. The van der Waals surface area contributed by atoms with Gasteiger partial charge in [0.2, 0.25) is 10.0 Å². The lowest BCUT2D eigenvalue weighted by molar-refractivity contribution is 0.347. The molecule has 5 nitrogen and oxygen atoms in total. The molecule has 19 heavy (non-hydrogen) atoms. The standard InChI is InChI=1S/C12H18FN3O2S/c1-15-6-3-7-16(9-8-15)19(17,18)12-10(13)4-2-5-11(12)14/h2,4-5H,3,6-9,14H2,1H3.